The molecule has 144 valence electrons. The van der Waals surface area contributed by atoms with Crippen LogP contribution in [-0.2, 0) is 13.0 Å². The second kappa shape index (κ2) is 6.86. The molecule has 5 aromatic rings. The van der Waals surface area contributed by atoms with Crippen molar-refractivity contribution in [1.29, 1.82) is 0 Å². The highest BCUT2D eigenvalue weighted by Gasteiger charge is 2.10. The Bertz CT molecular complexity index is 1320. The number of nitrogens with two attached hydrogens (primary N) is 1. The van der Waals surface area contributed by atoms with Gasteiger partial charge in [-0.3, -0.25) is 4.68 Å². The Hall–Kier alpha value is -4.01. The van der Waals surface area contributed by atoms with E-state index in [1.54, 1.807) is 7.11 Å². The number of nitrogen functional groups attached to an aromatic ring is 1. The van der Waals surface area contributed by atoms with Crippen molar-refractivity contribution >= 4 is 27.8 Å². The number of H-pyrrole nitrogens is 1. The fourth-order valence-electron chi connectivity index (χ4n) is 3.43. The molecule has 3 N–H and O–H groups in total. The SMILES string of the molecule is COc1cc2cc(Cn3cc(Cc4cc(N)nc5n[nH]nc45)cn3)ccc2cn1. The molecule has 0 unspecified atom stereocenters. The van der Waals surface area contributed by atoms with Crippen LogP contribution in [-0.4, -0.2) is 42.3 Å². The van der Waals surface area contributed by atoms with Gasteiger partial charge < -0.3 is 10.5 Å². The molecule has 0 amide bonds. The van der Waals surface area contributed by atoms with Crippen molar-refractivity contribution in [3.8, 4) is 5.88 Å². The van der Waals surface area contributed by atoms with E-state index < -0.39 is 0 Å². The fraction of sp³-hybridized carbons (Fsp3) is 0.150. The minimum Gasteiger partial charge on any atom is -0.481 e. The van der Waals surface area contributed by atoms with Gasteiger partial charge in [0.05, 0.1) is 19.9 Å². The van der Waals surface area contributed by atoms with E-state index in [1.165, 1.54) is 0 Å². The van der Waals surface area contributed by atoms with Crippen LogP contribution < -0.4 is 10.5 Å². The monoisotopic (exact) mass is 386 g/mol. The van der Waals surface area contributed by atoms with E-state index >= 15 is 0 Å². The van der Waals surface area contributed by atoms with Crippen LogP contribution in [0.3, 0.4) is 0 Å². The summed E-state index contributed by atoms with van der Waals surface area (Å²) in [7, 11) is 1.62. The van der Waals surface area contributed by atoms with E-state index in [0.29, 0.717) is 30.3 Å². The molecule has 0 aliphatic rings. The van der Waals surface area contributed by atoms with Crippen molar-refractivity contribution in [3.63, 3.8) is 0 Å². The van der Waals surface area contributed by atoms with Crippen LogP contribution in [0.5, 0.6) is 5.88 Å². The van der Waals surface area contributed by atoms with Crippen LogP contribution >= 0.6 is 0 Å². The summed E-state index contributed by atoms with van der Waals surface area (Å²) in [4.78, 5) is 8.42. The van der Waals surface area contributed by atoms with Gasteiger partial charge in [-0.25, -0.2) is 9.97 Å². The van der Waals surface area contributed by atoms with Gasteiger partial charge >= 0.3 is 0 Å². The third-order valence-electron chi connectivity index (χ3n) is 4.79. The topological polar surface area (TPSA) is 120 Å². The summed E-state index contributed by atoms with van der Waals surface area (Å²) < 4.78 is 7.14. The zero-order chi connectivity index (χ0) is 19.8. The average Bonchev–Trinajstić information content (AvgIpc) is 3.36. The first-order valence-corrected chi connectivity index (χ1v) is 9.08. The number of benzene rings is 1. The number of aromatic nitrogens is 7. The van der Waals surface area contributed by atoms with E-state index in [9.17, 15) is 0 Å². The summed E-state index contributed by atoms with van der Waals surface area (Å²) in [6, 6.07) is 10.0. The summed E-state index contributed by atoms with van der Waals surface area (Å²) in [6.07, 6.45) is 6.35. The molecule has 0 saturated heterocycles. The van der Waals surface area contributed by atoms with Crippen LogP contribution in [0.4, 0.5) is 5.82 Å². The molecule has 0 aliphatic heterocycles. The van der Waals surface area contributed by atoms with Crippen molar-refractivity contribution in [3.05, 3.63) is 65.6 Å². The molecule has 4 heterocycles. The lowest BCUT2D eigenvalue weighted by Gasteiger charge is -2.06. The maximum Gasteiger partial charge on any atom is 0.213 e. The highest BCUT2D eigenvalue weighted by molar-refractivity contribution is 5.83. The summed E-state index contributed by atoms with van der Waals surface area (Å²) in [5.74, 6) is 1.03. The average molecular weight is 386 g/mol. The predicted octanol–water partition coefficient (Wildman–Crippen LogP) is 2.33. The number of ether oxygens (including phenoxy) is 1. The van der Waals surface area contributed by atoms with Gasteiger partial charge in [0.1, 0.15) is 11.3 Å². The molecule has 0 atom stereocenters. The molecule has 4 aromatic heterocycles. The first-order chi connectivity index (χ1) is 14.2. The molecule has 5 rings (SSSR count). The Balaban J connectivity index is 1.38. The van der Waals surface area contributed by atoms with Gasteiger partial charge in [0.25, 0.3) is 0 Å². The fourth-order valence-corrected chi connectivity index (χ4v) is 3.43. The minimum absolute atomic E-state index is 0.426. The zero-order valence-corrected chi connectivity index (χ0v) is 15.7. The number of anilines is 1. The third kappa shape index (κ3) is 3.33. The number of methoxy groups -OCH3 is 1. The van der Waals surface area contributed by atoms with Crippen LogP contribution in [0, 0.1) is 0 Å². The van der Waals surface area contributed by atoms with Crippen LogP contribution in [0.1, 0.15) is 16.7 Å². The minimum atomic E-state index is 0.426. The molecule has 9 nitrogen and oxygen atoms in total. The lowest BCUT2D eigenvalue weighted by molar-refractivity contribution is 0.399. The van der Waals surface area contributed by atoms with Gasteiger partial charge in [-0.2, -0.15) is 15.4 Å². The molecule has 0 fully saturated rings. The number of hydrogen-bond acceptors (Lipinski definition) is 7. The van der Waals surface area contributed by atoms with Gasteiger partial charge in [0.15, 0.2) is 0 Å². The van der Waals surface area contributed by atoms with E-state index in [0.717, 1.165) is 33.0 Å². The summed E-state index contributed by atoms with van der Waals surface area (Å²) >= 11 is 0. The molecule has 9 heteroatoms. The van der Waals surface area contributed by atoms with Crippen molar-refractivity contribution in [2.75, 3.05) is 12.8 Å². The number of nitrogens with one attached hydrogen (secondary N) is 1. The smallest absolute Gasteiger partial charge is 0.213 e. The Morgan fingerprint density at radius 3 is 2.90 bits per heavy atom. The lowest BCUT2D eigenvalue weighted by Crippen LogP contribution is -2.00. The van der Waals surface area contributed by atoms with Crippen molar-refractivity contribution in [1.82, 2.24) is 35.2 Å². The van der Waals surface area contributed by atoms with E-state index in [4.69, 9.17) is 10.5 Å². The predicted molar refractivity (Wildman–Crippen MR) is 109 cm³/mol. The molecular weight excluding hydrogens is 368 g/mol. The summed E-state index contributed by atoms with van der Waals surface area (Å²) in [5, 5.41) is 17.5. The second-order valence-corrected chi connectivity index (χ2v) is 6.83. The van der Waals surface area contributed by atoms with Gasteiger partial charge in [-0.1, -0.05) is 12.1 Å². The molecule has 1 aromatic carbocycles. The number of rotatable bonds is 5. The van der Waals surface area contributed by atoms with Gasteiger partial charge in [0, 0.05) is 30.3 Å². The molecule has 29 heavy (non-hydrogen) atoms. The Morgan fingerprint density at radius 2 is 2.00 bits per heavy atom. The highest BCUT2D eigenvalue weighted by atomic mass is 16.5. The van der Waals surface area contributed by atoms with Crippen LogP contribution in [0.25, 0.3) is 21.9 Å². The van der Waals surface area contributed by atoms with Crippen molar-refractivity contribution < 1.29 is 4.74 Å². The van der Waals surface area contributed by atoms with E-state index in [1.807, 2.05) is 35.4 Å². The standard InChI is InChI=1S/C20H18N8O/c1-29-18-7-15-4-12(2-3-14(15)9-22-18)10-28-11-13(8-23-28)5-16-6-17(21)24-20-19(16)25-27-26-20/h2-4,6-9,11H,5,10H2,1H3,(H3,21,24,25,26,27). The summed E-state index contributed by atoms with van der Waals surface area (Å²) in [5.41, 5.74) is 10.3. The Kier molecular flexibility index (Phi) is 4.05. The second-order valence-electron chi connectivity index (χ2n) is 6.83. The quantitative estimate of drug-likeness (QED) is 0.475. The first-order valence-electron chi connectivity index (χ1n) is 9.08. The maximum absolute atomic E-state index is 5.88. The van der Waals surface area contributed by atoms with Gasteiger partial charge in [0.2, 0.25) is 11.5 Å². The molecule has 0 spiro atoms. The highest BCUT2D eigenvalue weighted by Crippen LogP contribution is 2.21. The van der Waals surface area contributed by atoms with Gasteiger partial charge in [-0.05, 0) is 34.2 Å². The maximum atomic E-state index is 5.88. The summed E-state index contributed by atoms with van der Waals surface area (Å²) in [6.45, 7) is 0.665. The normalized spacial score (nSPS) is 11.3. The largest absolute Gasteiger partial charge is 0.481 e. The van der Waals surface area contributed by atoms with E-state index in [-0.39, 0.29) is 0 Å². The van der Waals surface area contributed by atoms with Crippen molar-refractivity contribution in [2.45, 2.75) is 13.0 Å². The first kappa shape index (κ1) is 17.1. The molecule has 0 aliphatic carbocycles. The number of aromatic amines is 1. The number of pyridine rings is 2. The zero-order valence-electron chi connectivity index (χ0n) is 15.7. The molecule has 0 radical (unpaired) electrons. The van der Waals surface area contributed by atoms with Crippen molar-refractivity contribution in [2.24, 2.45) is 0 Å². The van der Waals surface area contributed by atoms with Crippen LogP contribution in [0.15, 0.2) is 48.9 Å². The number of nitrogens with zero attached hydrogens (tertiary/aromatic N) is 6. The lowest BCUT2D eigenvalue weighted by atomic mass is 10.1. The number of fused-ring (bicyclic) bond motifs is 2. The van der Waals surface area contributed by atoms with Gasteiger partial charge in [-0.15, -0.1) is 5.10 Å². The Morgan fingerprint density at radius 1 is 1.07 bits per heavy atom. The Labute approximate surface area is 165 Å². The van der Waals surface area contributed by atoms with Crippen LogP contribution in [0.2, 0.25) is 0 Å². The molecule has 0 bridgehead atoms. The number of hydrogen-bond donors (Lipinski definition) is 2. The van der Waals surface area contributed by atoms with E-state index in [2.05, 4.69) is 48.7 Å². The third-order valence-corrected chi connectivity index (χ3v) is 4.79. The molecular formula is C20H18N8O. The molecule has 0 saturated carbocycles.